The molecule has 10 nitrogen and oxygen atoms in total. The molecule has 228 valence electrons. The minimum Gasteiger partial charge on any atom is -0.487 e. The second-order valence-corrected chi connectivity index (χ2v) is 11.1. The van der Waals surface area contributed by atoms with Gasteiger partial charge in [-0.15, -0.1) is 15.0 Å². The number of aliphatic carboxylic acids is 1. The Morgan fingerprint density at radius 1 is 1.05 bits per heavy atom. The molecular weight excluding hydrogens is 586 g/mol. The van der Waals surface area contributed by atoms with Crippen molar-refractivity contribution in [1.82, 2.24) is 24.8 Å². The monoisotopic (exact) mass is 615 g/mol. The van der Waals surface area contributed by atoms with Crippen molar-refractivity contribution in [2.45, 2.75) is 70.6 Å². The molecule has 3 unspecified atom stereocenters. The number of hydrogen-bond acceptors (Lipinski definition) is 6. The van der Waals surface area contributed by atoms with Gasteiger partial charge in [0.05, 0.1) is 17.9 Å². The van der Waals surface area contributed by atoms with E-state index in [0.717, 1.165) is 0 Å². The van der Waals surface area contributed by atoms with Crippen molar-refractivity contribution in [3.8, 4) is 5.75 Å². The van der Waals surface area contributed by atoms with Crippen molar-refractivity contribution in [2.24, 2.45) is 11.8 Å². The number of nitrogens with zero attached hydrogens (tertiary/aromatic N) is 5. The number of ether oxygens (including phenoxy) is 1. The zero-order valence-corrected chi connectivity index (χ0v) is 23.3. The fourth-order valence-corrected chi connectivity index (χ4v) is 6.53. The maximum absolute atomic E-state index is 14.0. The van der Waals surface area contributed by atoms with E-state index in [9.17, 15) is 37.1 Å². The number of amides is 2. The second-order valence-electron chi connectivity index (χ2n) is 10.7. The van der Waals surface area contributed by atoms with Crippen LogP contribution in [0.4, 0.5) is 17.6 Å². The first-order valence-corrected chi connectivity index (χ1v) is 14.2. The Kier molecular flexibility index (Phi) is 8.90. The first-order valence-electron chi connectivity index (χ1n) is 13.8. The minimum atomic E-state index is -3.23. The highest BCUT2D eigenvalue weighted by Gasteiger charge is 2.43. The van der Waals surface area contributed by atoms with Crippen molar-refractivity contribution in [3.63, 3.8) is 0 Å². The van der Waals surface area contributed by atoms with E-state index in [-0.39, 0.29) is 35.4 Å². The molecule has 0 bridgehead atoms. The molecular formula is C27H30ClF4N5O5. The molecule has 2 aliphatic heterocycles. The SMILES string of the molecule is O=C(O)C1CCCCC1C(=O)N1CCc2c(Cl)ccc(OCc3nn(C(F)F)nc3C(F)F)c2C1CN1CCCC1=O. The van der Waals surface area contributed by atoms with Crippen LogP contribution < -0.4 is 4.74 Å². The van der Waals surface area contributed by atoms with Gasteiger partial charge in [-0.05, 0) is 43.4 Å². The van der Waals surface area contributed by atoms with E-state index in [4.69, 9.17) is 16.3 Å². The van der Waals surface area contributed by atoms with Gasteiger partial charge in [0.15, 0.2) is 5.69 Å². The summed E-state index contributed by atoms with van der Waals surface area (Å²) in [6.45, 7) is -3.05. The summed E-state index contributed by atoms with van der Waals surface area (Å²) in [5, 5.41) is 16.9. The average Bonchev–Trinajstić information content (AvgIpc) is 3.59. The molecule has 1 N–H and O–H groups in total. The number of halogens is 5. The standard InChI is InChI=1S/C27H30ClF4N5O5/c28-17-7-8-20(42-13-18-23(24(29)30)34-37(33-18)27(31)32)22-16(17)9-11-36(19(22)12-35-10-3-6-21(35)38)25(39)14-4-1-2-5-15(14)26(40)41/h7-8,14-15,19,24,27H,1-6,9-13H2,(H,40,41). The van der Waals surface area contributed by atoms with Crippen LogP contribution in [-0.4, -0.2) is 67.3 Å². The fraction of sp³-hybridized carbons (Fsp3) is 0.593. The number of carbonyl (C=O) groups is 3. The number of aromatic nitrogens is 3. The molecule has 0 radical (unpaired) electrons. The van der Waals surface area contributed by atoms with Crippen molar-refractivity contribution < 1.29 is 41.8 Å². The summed E-state index contributed by atoms with van der Waals surface area (Å²) in [7, 11) is 0. The normalized spacial score (nSPS) is 22.6. The lowest BCUT2D eigenvalue weighted by Crippen LogP contribution is -2.50. The summed E-state index contributed by atoms with van der Waals surface area (Å²) < 4.78 is 59.2. The summed E-state index contributed by atoms with van der Waals surface area (Å²) >= 11 is 6.56. The molecule has 1 aromatic carbocycles. The van der Waals surface area contributed by atoms with Gasteiger partial charge in [-0.3, -0.25) is 14.4 Å². The summed E-state index contributed by atoms with van der Waals surface area (Å²) in [6, 6.07) is 2.28. The quantitative estimate of drug-likeness (QED) is 0.403. The summed E-state index contributed by atoms with van der Waals surface area (Å²) in [5.74, 6) is -2.87. The van der Waals surface area contributed by atoms with Crippen molar-refractivity contribution in [2.75, 3.05) is 19.6 Å². The molecule has 1 aromatic heterocycles. The number of fused-ring (bicyclic) bond motifs is 1. The minimum absolute atomic E-state index is 0.0923. The Balaban J connectivity index is 1.52. The Hall–Kier alpha value is -3.42. The van der Waals surface area contributed by atoms with Crippen LogP contribution in [0.1, 0.15) is 80.1 Å². The van der Waals surface area contributed by atoms with Crippen molar-refractivity contribution in [1.29, 1.82) is 0 Å². The molecule has 5 rings (SSSR count). The lowest BCUT2D eigenvalue weighted by molar-refractivity contribution is -0.154. The maximum atomic E-state index is 14.0. The lowest BCUT2D eigenvalue weighted by Gasteiger charge is -2.43. The number of benzene rings is 1. The van der Waals surface area contributed by atoms with Crippen LogP contribution in [0.3, 0.4) is 0 Å². The average molecular weight is 616 g/mol. The molecule has 42 heavy (non-hydrogen) atoms. The third-order valence-electron chi connectivity index (χ3n) is 8.29. The van der Waals surface area contributed by atoms with Crippen molar-refractivity contribution in [3.05, 3.63) is 39.7 Å². The predicted octanol–water partition coefficient (Wildman–Crippen LogP) is 4.78. The Labute approximate surface area is 243 Å². The van der Waals surface area contributed by atoms with Crippen LogP contribution in [0, 0.1) is 11.8 Å². The summed E-state index contributed by atoms with van der Waals surface area (Å²) in [5.41, 5.74) is -0.315. The van der Waals surface area contributed by atoms with Crippen LogP contribution in [-0.2, 0) is 27.4 Å². The fourth-order valence-electron chi connectivity index (χ4n) is 6.27. The Morgan fingerprint density at radius 2 is 1.79 bits per heavy atom. The highest BCUT2D eigenvalue weighted by molar-refractivity contribution is 6.31. The van der Waals surface area contributed by atoms with Gasteiger partial charge < -0.3 is 19.6 Å². The molecule has 15 heteroatoms. The highest BCUT2D eigenvalue weighted by atomic mass is 35.5. The van der Waals surface area contributed by atoms with Gasteiger partial charge in [0.25, 0.3) is 6.43 Å². The number of likely N-dealkylation sites (tertiary alicyclic amines) is 1. The van der Waals surface area contributed by atoms with Crippen molar-refractivity contribution >= 4 is 29.4 Å². The van der Waals surface area contributed by atoms with Crippen LogP contribution in [0.25, 0.3) is 0 Å². The first kappa shape index (κ1) is 30.1. The van der Waals surface area contributed by atoms with Gasteiger partial charge in [-0.1, -0.05) is 24.4 Å². The van der Waals surface area contributed by atoms with E-state index in [1.54, 1.807) is 15.9 Å². The van der Waals surface area contributed by atoms with Gasteiger partial charge in [0.1, 0.15) is 18.1 Å². The highest BCUT2D eigenvalue weighted by Crippen LogP contribution is 2.43. The molecule has 1 aliphatic carbocycles. The summed E-state index contributed by atoms with van der Waals surface area (Å²) in [6.07, 6.45) is 0.356. The van der Waals surface area contributed by atoms with Crippen LogP contribution in [0.2, 0.25) is 5.02 Å². The number of hydrogen-bond donors (Lipinski definition) is 1. The van der Waals surface area contributed by atoms with Gasteiger partial charge in [-0.25, -0.2) is 8.78 Å². The molecule has 1 saturated carbocycles. The van der Waals surface area contributed by atoms with E-state index in [2.05, 4.69) is 10.2 Å². The molecule has 2 amide bonds. The molecule has 3 heterocycles. The maximum Gasteiger partial charge on any atom is 0.348 e. The van der Waals surface area contributed by atoms with Gasteiger partial charge in [0.2, 0.25) is 11.8 Å². The zero-order valence-electron chi connectivity index (χ0n) is 22.5. The molecule has 3 aliphatic rings. The van der Waals surface area contributed by atoms with E-state index in [0.29, 0.717) is 67.6 Å². The second kappa shape index (κ2) is 12.4. The van der Waals surface area contributed by atoms with Gasteiger partial charge in [0, 0.05) is 36.6 Å². The van der Waals surface area contributed by atoms with Crippen LogP contribution >= 0.6 is 11.6 Å². The number of alkyl halides is 4. The lowest BCUT2D eigenvalue weighted by atomic mass is 9.77. The Bertz CT molecular complexity index is 1360. The van der Waals surface area contributed by atoms with Crippen LogP contribution in [0.15, 0.2) is 12.1 Å². The van der Waals surface area contributed by atoms with Gasteiger partial charge in [-0.2, -0.15) is 8.78 Å². The van der Waals surface area contributed by atoms with Crippen LogP contribution in [0.5, 0.6) is 5.75 Å². The number of carboxylic acids is 1. The third-order valence-corrected chi connectivity index (χ3v) is 8.65. The predicted molar refractivity (Wildman–Crippen MR) is 139 cm³/mol. The molecule has 2 aromatic rings. The summed E-state index contributed by atoms with van der Waals surface area (Å²) in [4.78, 5) is 41.8. The largest absolute Gasteiger partial charge is 0.487 e. The van der Waals surface area contributed by atoms with E-state index < -0.39 is 54.8 Å². The topological polar surface area (TPSA) is 118 Å². The molecule has 2 fully saturated rings. The zero-order chi connectivity index (χ0) is 30.1. The number of carboxylic acid groups (broad SMARTS) is 1. The van der Waals surface area contributed by atoms with Gasteiger partial charge >= 0.3 is 12.5 Å². The molecule has 0 spiro atoms. The number of carbonyl (C=O) groups excluding carboxylic acids is 2. The number of rotatable bonds is 9. The first-order chi connectivity index (χ1) is 20.1. The van der Waals surface area contributed by atoms with E-state index in [1.165, 1.54) is 6.07 Å². The Morgan fingerprint density at radius 3 is 2.43 bits per heavy atom. The third kappa shape index (κ3) is 5.90. The molecule has 3 atom stereocenters. The smallest absolute Gasteiger partial charge is 0.348 e. The van der Waals surface area contributed by atoms with E-state index in [1.807, 2.05) is 0 Å². The van der Waals surface area contributed by atoms with E-state index >= 15 is 0 Å². The molecule has 1 saturated heterocycles.